The lowest BCUT2D eigenvalue weighted by atomic mass is 10.2. The SMILES string of the molecule is COc1c(Br)cc(Cl)cc1NC(C)c1cnccn1. The molecule has 4 nitrogen and oxygen atoms in total. The Morgan fingerprint density at radius 3 is 2.79 bits per heavy atom. The molecule has 19 heavy (non-hydrogen) atoms. The van der Waals surface area contributed by atoms with Crippen molar-refractivity contribution in [2.75, 3.05) is 12.4 Å². The number of anilines is 1. The van der Waals surface area contributed by atoms with Gasteiger partial charge in [0.1, 0.15) is 0 Å². The average Bonchev–Trinajstić information content (AvgIpc) is 2.39. The number of methoxy groups -OCH3 is 1. The van der Waals surface area contributed by atoms with Crippen molar-refractivity contribution in [3.63, 3.8) is 0 Å². The van der Waals surface area contributed by atoms with Crippen LogP contribution in [0.1, 0.15) is 18.7 Å². The van der Waals surface area contributed by atoms with Gasteiger partial charge in [0.05, 0.1) is 35.2 Å². The number of halogens is 2. The maximum absolute atomic E-state index is 6.06. The third-order valence-electron chi connectivity index (χ3n) is 2.61. The van der Waals surface area contributed by atoms with Crippen molar-refractivity contribution in [3.8, 4) is 5.75 Å². The first-order valence-corrected chi connectivity index (χ1v) is 6.84. The first kappa shape index (κ1) is 14.1. The van der Waals surface area contributed by atoms with Crippen LogP contribution in [-0.4, -0.2) is 17.1 Å². The number of nitrogens with one attached hydrogen (secondary N) is 1. The van der Waals surface area contributed by atoms with E-state index in [2.05, 4.69) is 31.2 Å². The molecule has 1 aromatic carbocycles. The molecule has 2 aromatic rings. The molecule has 0 saturated heterocycles. The van der Waals surface area contributed by atoms with Crippen molar-refractivity contribution in [2.24, 2.45) is 0 Å². The number of benzene rings is 1. The van der Waals surface area contributed by atoms with Gasteiger partial charge in [-0.2, -0.15) is 0 Å². The Morgan fingerprint density at radius 1 is 1.37 bits per heavy atom. The first-order valence-electron chi connectivity index (χ1n) is 5.67. The van der Waals surface area contributed by atoms with E-state index in [4.69, 9.17) is 16.3 Å². The molecule has 2 rings (SSSR count). The monoisotopic (exact) mass is 341 g/mol. The van der Waals surface area contributed by atoms with Crippen molar-refractivity contribution in [1.29, 1.82) is 0 Å². The number of hydrogen-bond donors (Lipinski definition) is 1. The second kappa shape index (κ2) is 6.21. The molecule has 1 atom stereocenters. The van der Waals surface area contributed by atoms with E-state index < -0.39 is 0 Å². The van der Waals surface area contributed by atoms with Crippen LogP contribution in [-0.2, 0) is 0 Å². The van der Waals surface area contributed by atoms with Crippen LogP contribution in [0.25, 0.3) is 0 Å². The topological polar surface area (TPSA) is 47.0 Å². The number of hydrogen-bond acceptors (Lipinski definition) is 4. The summed E-state index contributed by atoms with van der Waals surface area (Å²) < 4.78 is 6.17. The highest BCUT2D eigenvalue weighted by atomic mass is 79.9. The molecule has 0 amide bonds. The Kier molecular flexibility index (Phi) is 4.61. The van der Waals surface area contributed by atoms with Crippen LogP contribution in [0.2, 0.25) is 5.02 Å². The Balaban J connectivity index is 2.28. The van der Waals surface area contributed by atoms with Crippen molar-refractivity contribution in [3.05, 3.63) is 45.9 Å². The maximum Gasteiger partial charge on any atom is 0.156 e. The average molecular weight is 343 g/mol. The molecule has 0 bridgehead atoms. The van der Waals surface area contributed by atoms with Gasteiger partial charge in [0, 0.05) is 17.4 Å². The zero-order valence-corrected chi connectivity index (χ0v) is 12.9. The molecule has 0 saturated carbocycles. The molecule has 0 aliphatic rings. The number of nitrogens with zero attached hydrogens (tertiary/aromatic N) is 2. The Bertz CT molecular complexity index is 565. The van der Waals surface area contributed by atoms with Gasteiger partial charge in [0.25, 0.3) is 0 Å². The number of rotatable bonds is 4. The lowest BCUT2D eigenvalue weighted by molar-refractivity contribution is 0.413. The van der Waals surface area contributed by atoms with Crippen LogP contribution in [0.3, 0.4) is 0 Å². The Morgan fingerprint density at radius 2 is 2.16 bits per heavy atom. The van der Waals surface area contributed by atoms with Gasteiger partial charge in [0.15, 0.2) is 5.75 Å². The van der Waals surface area contributed by atoms with E-state index in [0.717, 1.165) is 15.9 Å². The standard InChI is InChI=1S/C13H13BrClN3O/c1-8(12-7-16-3-4-17-12)18-11-6-9(15)5-10(14)13(11)19-2/h3-8,18H,1-2H3. The highest BCUT2D eigenvalue weighted by molar-refractivity contribution is 9.10. The molecule has 1 heterocycles. The number of aromatic nitrogens is 2. The van der Waals surface area contributed by atoms with E-state index >= 15 is 0 Å². The van der Waals surface area contributed by atoms with Crippen LogP contribution in [0.15, 0.2) is 35.2 Å². The minimum absolute atomic E-state index is 0.00651. The van der Waals surface area contributed by atoms with Crippen molar-refractivity contribution in [2.45, 2.75) is 13.0 Å². The second-order valence-corrected chi connectivity index (χ2v) is 5.26. The molecule has 0 spiro atoms. The van der Waals surface area contributed by atoms with Crippen LogP contribution < -0.4 is 10.1 Å². The summed E-state index contributed by atoms with van der Waals surface area (Å²) >= 11 is 9.48. The molecule has 0 radical (unpaired) electrons. The molecule has 100 valence electrons. The molecule has 0 aliphatic carbocycles. The van der Waals surface area contributed by atoms with E-state index in [9.17, 15) is 0 Å². The van der Waals surface area contributed by atoms with Crippen LogP contribution in [0.4, 0.5) is 5.69 Å². The lowest BCUT2D eigenvalue weighted by Crippen LogP contribution is -2.09. The van der Waals surface area contributed by atoms with Crippen LogP contribution >= 0.6 is 27.5 Å². The van der Waals surface area contributed by atoms with E-state index in [-0.39, 0.29) is 6.04 Å². The molecular formula is C13H13BrClN3O. The molecular weight excluding hydrogens is 330 g/mol. The quantitative estimate of drug-likeness (QED) is 0.909. The molecule has 1 aromatic heterocycles. The Labute approximate surface area is 125 Å². The summed E-state index contributed by atoms with van der Waals surface area (Å²) in [5.74, 6) is 0.708. The predicted molar refractivity (Wildman–Crippen MR) is 79.8 cm³/mol. The van der Waals surface area contributed by atoms with Gasteiger partial charge in [-0.3, -0.25) is 9.97 Å². The van der Waals surface area contributed by atoms with E-state index in [1.54, 1.807) is 31.8 Å². The van der Waals surface area contributed by atoms with Gasteiger partial charge in [0.2, 0.25) is 0 Å². The smallest absolute Gasteiger partial charge is 0.156 e. The summed E-state index contributed by atoms with van der Waals surface area (Å²) in [6, 6.07) is 3.60. The second-order valence-electron chi connectivity index (χ2n) is 3.96. The zero-order valence-electron chi connectivity index (χ0n) is 10.5. The van der Waals surface area contributed by atoms with E-state index in [1.165, 1.54) is 0 Å². The predicted octanol–water partition coefficient (Wildman–Crippen LogP) is 4.07. The molecule has 1 unspecified atom stereocenters. The highest BCUT2D eigenvalue weighted by Gasteiger charge is 2.13. The number of ether oxygens (including phenoxy) is 1. The van der Waals surface area contributed by atoms with Gasteiger partial charge in [-0.05, 0) is 35.0 Å². The van der Waals surface area contributed by atoms with Crippen LogP contribution in [0.5, 0.6) is 5.75 Å². The normalized spacial score (nSPS) is 12.0. The summed E-state index contributed by atoms with van der Waals surface area (Å²) in [6.45, 7) is 2.00. The fraction of sp³-hybridized carbons (Fsp3) is 0.231. The van der Waals surface area contributed by atoms with Crippen molar-refractivity contribution >= 4 is 33.2 Å². The fourth-order valence-electron chi connectivity index (χ4n) is 1.72. The van der Waals surface area contributed by atoms with E-state index in [1.807, 2.05) is 13.0 Å². The largest absolute Gasteiger partial charge is 0.493 e. The van der Waals surface area contributed by atoms with Gasteiger partial charge in [-0.25, -0.2) is 0 Å². The van der Waals surface area contributed by atoms with Crippen molar-refractivity contribution in [1.82, 2.24) is 9.97 Å². The minimum Gasteiger partial charge on any atom is -0.493 e. The summed E-state index contributed by atoms with van der Waals surface area (Å²) in [5.41, 5.74) is 1.65. The first-order chi connectivity index (χ1) is 9.11. The zero-order chi connectivity index (χ0) is 13.8. The summed E-state index contributed by atoms with van der Waals surface area (Å²) in [4.78, 5) is 8.32. The molecule has 6 heteroatoms. The third-order valence-corrected chi connectivity index (χ3v) is 3.42. The summed E-state index contributed by atoms with van der Waals surface area (Å²) in [5, 5.41) is 3.94. The Hall–Kier alpha value is -1.33. The van der Waals surface area contributed by atoms with Gasteiger partial charge in [-0.15, -0.1) is 0 Å². The van der Waals surface area contributed by atoms with Gasteiger partial charge < -0.3 is 10.1 Å². The van der Waals surface area contributed by atoms with Gasteiger partial charge in [-0.1, -0.05) is 11.6 Å². The maximum atomic E-state index is 6.06. The highest BCUT2D eigenvalue weighted by Crippen LogP contribution is 2.37. The summed E-state index contributed by atoms with van der Waals surface area (Å²) in [7, 11) is 1.62. The van der Waals surface area contributed by atoms with Crippen LogP contribution in [0, 0.1) is 0 Å². The van der Waals surface area contributed by atoms with Gasteiger partial charge >= 0.3 is 0 Å². The van der Waals surface area contributed by atoms with E-state index in [0.29, 0.717) is 10.8 Å². The lowest BCUT2D eigenvalue weighted by Gasteiger charge is -2.18. The summed E-state index contributed by atoms with van der Waals surface area (Å²) in [6.07, 6.45) is 5.04. The molecule has 1 N–H and O–H groups in total. The molecule has 0 fully saturated rings. The van der Waals surface area contributed by atoms with Crippen molar-refractivity contribution < 1.29 is 4.74 Å². The minimum atomic E-state index is -0.00651. The fourth-order valence-corrected chi connectivity index (χ4v) is 2.69. The molecule has 0 aliphatic heterocycles. The third kappa shape index (κ3) is 3.36.